The van der Waals surface area contributed by atoms with E-state index in [1.165, 1.54) is 31.6 Å². The van der Waals surface area contributed by atoms with E-state index in [0.717, 1.165) is 52.4 Å². The number of rotatable bonds is 3. The van der Waals surface area contributed by atoms with Crippen LogP contribution in [0, 0.1) is 0 Å². The van der Waals surface area contributed by atoms with E-state index in [2.05, 4.69) is 50.3 Å². The topological polar surface area (TPSA) is 47.8 Å². The maximum Gasteiger partial charge on any atom is 0.0346 e. The Hall–Kier alpha value is -0.980. The van der Waals surface area contributed by atoms with Crippen molar-refractivity contribution >= 4 is 0 Å². The number of nitrogens with two attached hydrogens (primary N) is 1. The largest absolute Gasteiger partial charge is 0.329 e. The first kappa shape index (κ1) is 17.8. The molecule has 3 heterocycles. The third-order valence-corrected chi connectivity index (χ3v) is 5.35. The van der Waals surface area contributed by atoms with Crippen LogP contribution < -0.4 is 11.1 Å². The van der Waals surface area contributed by atoms with Crippen LogP contribution >= 0.6 is 0 Å². The van der Waals surface area contributed by atoms with Gasteiger partial charge in [-0.1, -0.05) is 30.3 Å². The molecule has 1 atom stereocenters. The normalized spacial score (nSPS) is 30.3. The fourth-order valence-corrected chi connectivity index (χ4v) is 3.86. The third-order valence-electron chi connectivity index (χ3n) is 5.35. The van der Waals surface area contributed by atoms with E-state index in [1.54, 1.807) is 0 Å². The highest BCUT2D eigenvalue weighted by Crippen LogP contribution is 2.11. The Morgan fingerprint density at radius 3 is 2.50 bits per heavy atom. The predicted octanol–water partition coefficient (Wildman–Crippen LogP) is 0.427. The minimum absolute atomic E-state index is 0.469. The van der Waals surface area contributed by atoms with Gasteiger partial charge in [-0.15, -0.1) is 0 Å². The van der Waals surface area contributed by atoms with Gasteiger partial charge in [-0.05, 0) is 25.1 Å². The summed E-state index contributed by atoms with van der Waals surface area (Å²) in [5.41, 5.74) is 7.55. The van der Waals surface area contributed by atoms with Gasteiger partial charge in [-0.2, -0.15) is 0 Å². The maximum absolute atomic E-state index is 6.16. The molecule has 1 unspecified atom stereocenters. The Balaban J connectivity index is 1.66. The number of fused-ring (bicyclic) bond motifs is 10. The van der Waals surface area contributed by atoms with Crippen LogP contribution in [0.3, 0.4) is 0 Å². The van der Waals surface area contributed by atoms with Crippen molar-refractivity contribution in [1.82, 2.24) is 20.0 Å². The van der Waals surface area contributed by atoms with E-state index in [0.29, 0.717) is 6.04 Å². The minimum Gasteiger partial charge on any atom is -0.329 e. The summed E-state index contributed by atoms with van der Waals surface area (Å²) in [6.07, 6.45) is 1.25. The molecule has 24 heavy (non-hydrogen) atoms. The monoisotopic (exact) mass is 331 g/mol. The van der Waals surface area contributed by atoms with Crippen LogP contribution in [-0.4, -0.2) is 86.2 Å². The molecule has 3 aliphatic heterocycles. The van der Waals surface area contributed by atoms with E-state index in [4.69, 9.17) is 5.73 Å². The molecule has 3 fully saturated rings. The van der Waals surface area contributed by atoms with Crippen LogP contribution in [0.1, 0.15) is 12.0 Å². The second-order valence-electron chi connectivity index (χ2n) is 7.09. The lowest BCUT2D eigenvalue weighted by atomic mass is 10.1. The Morgan fingerprint density at radius 2 is 1.75 bits per heavy atom. The van der Waals surface area contributed by atoms with Gasteiger partial charge in [0.1, 0.15) is 0 Å². The van der Waals surface area contributed by atoms with E-state index in [9.17, 15) is 0 Å². The van der Waals surface area contributed by atoms with Crippen molar-refractivity contribution in [3.63, 3.8) is 0 Å². The van der Waals surface area contributed by atoms with E-state index in [-0.39, 0.29) is 0 Å². The first-order chi connectivity index (χ1) is 11.8. The molecule has 3 aliphatic rings. The van der Waals surface area contributed by atoms with Gasteiger partial charge >= 0.3 is 0 Å². The van der Waals surface area contributed by atoms with Crippen LogP contribution in [0.5, 0.6) is 0 Å². The van der Waals surface area contributed by atoms with E-state index >= 15 is 0 Å². The molecule has 0 spiro atoms. The molecule has 1 aromatic carbocycles. The highest BCUT2D eigenvalue weighted by Gasteiger charge is 2.24. The summed E-state index contributed by atoms with van der Waals surface area (Å²) in [6.45, 7) is 12.0. The molecular weight excluding hydrogens is 298 g/mol. The molecule has 0 radical (unpaired) electrons. The molecule has 0 amide bonds. The quantitative estimate of drug-likeness (QED) is 0.841. The van der Waals surface area contributed by atoms with E-state index in [1.807, 2.05) is 0 Å². The summed E-state index contributed by atoms with van der Waals surface area (Å²) < 4.78 is 0. The molecule has 5 heteroatoms. The smallest absolute Gasteiger partial charge is 0.0346 e. The SMILES string of the molecule is NCC1CN(Cc2ccccc2)CCNCCCN2CCN1CC2. The molecule has 5 nitrogen and oxygen atoms in total. The molecule has 2 bridgehead atoms. The van der Waals surface area contributed by atoms with Gasteiger partial charge in [-0.25, -0.2) is 0 Å². The van der Waals surface area contributed by atoms with Crippen molar-refractivity contribution in [2.45, 2.75) is 19.0 Å². The lowest BCUT2D eigenvalue weighted by Crippen LogP contribution is -2.55. The van der Waals surface area contributed by atoms with Crippen molar-refractivity contribution in [2.24, 2.45) is 5.73 Å². The number of benzene rings is 1. The van der Waals surface area contributed by atoms with Gasteiger partial charge in [0, 0.05) is 64.9 Å². The lowest BCUT2D eigenvalue weighted by Gasteiger charge is -2.40. The molecule has 134 valence electrons. The van der Waals surface area contributed by atoms with Gasteiger partial charge in [-0.3, -0.25) is 9.80 Å². The summed E-state index contributed by atoms with van der Waals surface area (Å²) >= 11 is 0. The van der Waals surface area contributed by atoms with Gasteiger partial charge in [0.05, 0.1) is 0 Å². The zero-order valence-corrected chi connectivity index (χ0v) is 14.9. The summed E-state index contributed by atoms with van der Waals surface area (Å²) in [7, 11) is 0. The summed E-state index contributed by atoms with van der Waals surface area (Å²) in [6, 6.07) is 11.3. The van der Waals surface area contributed by atoms with Crippen molar-refractivity contribution < 1.29 is 0 Å². The molecule has 0 saturated carbocycles. The zero-order chi connectivity index (χ0) is 16.6. The molecule has 1 aromatic rings. The molecular formula is C19H33N5. The number of piperazine rings is 1. The fourth-order valence-electron chi connectivity index (χ4n) is 3.86. The summed E-state index contributed by atoms with van der Waals surface area (Å²) in [4.78, 5) is 7.79. The Morgan fingerprint density at radius 1 is 0.958 bits per heavy atom. The van der Waals surface area contributed by atoms with Gasteiger partial charge < -0.3 is 16.0 Å². The number of hydrogen-bond acceptors (Lipinski definition) is 5. The average Bonchev–Trinajstić information content (AvgIpc) is 2.65. The highest BCUT2D eigenvalue weighted by molar-refractivity contribution is 5.14. The van der Waals surface area contributed by atoms with Crippen molar-refractivity contribution in [2.75, 3.05) is 65.4 Å². The maximum atomic E-state index is 6.16. The first-order valence-electron chi connectivity index (χ1n) is 9.48. The fraction of sp³-hybridized carbons (Fsp3) is 0.684. The van der Waals surface area contributed by atoms with Crippen molar-refractivity contribution in [3.05, 3.63) is 35.9 Å². The molecule has 0 aromatic heterocycles. The number of nitrogens with zero attached hydrogens (tertiary/aromatic N) is 3. The molecule has 0 aliphatic carbocycles. The lowest BCUT2D eigenvalue weighted by molar-refractivity contribution is 0.0781. The average molecular weight is 332 g/mol. The number of hydrogen-bond donors (Lipinski definition) is 2. The van der Waals surface area contributed by atoms with Crippen molar-refractivity contribution in [3.8, 4) is 0 Å². The van der Waals surface area contributed by atoms with Gasteiger partial charge in [0.2, 0.25) is 0 Å². The minimum atomic E-state index is 0.469. The van der Waals surface area contributed by atoms with Gasteiger partial charge in [0.25, 0.3) is 0 Å². The van der Waals surface area contributed by atoms with Crippen LogP contribution in [-0.2, 0) is 6.54 Å². The van der Waals surface area contributed by atoms with Gasteiger partial charge in [0.15, 0.2) is 0 Å². The van der Waals surface area contributed by atoms with Crippen LogP contribution in [0.4, 0.5) is 0 Å². The Bertz CT molecular complexity index is 458. The third kappa shape index (κ3) is 5.26. The zero-order valence-electron chi connectivity index (χ0n) is 14.9. The summed E-state index contributed by atoms with van der Waals surface area (Å²) in [5.74, 6) is 0. The second-order valence-corrected chi connectivity index (χ2v) is 7.09. The van der Waals surface area contributed by atoms with E-state index < -0.39 is 0 Å². The van der Waals surface area contributed by atoms with Crippen LogP contribution in [0.15, 0.2) is 30.3 Å². The molecule has 4 rings (SSSR count). The number of nitrogens with one attached hydrogen (secondary N) is 1. The first-order valence-corrected chi connectivity index (χ1v) is 9.48. The second kappa shape index (κ2) is 9.49. The highest BCUT2D eigenvalue weighted by atomic mass is 15.3. The summed E-state index contributed by atoms with van der Waals surface area (Å²) in [5, 5.41) is 3.62. The van der Waals surface area contributed by atoms with Crippen LogP contribution in [0.25, 0.3) is 0 Å². The standard InChI is InChI=1S/C19H33N5/c20-15-19-17-23(16-18-5-2-1-3-6-18)10-8-21-7-4-9-22-11-13-24(19)14-12-22/h1-3,5-6,19,21H,4,7-17,20H2. The Kier molecular flexibility index (Phi) is 7.05. The molecule has 3 saturated heterocycles. The Labute approximate surface area is 146 Å². The van der Waals surface area contributed by atoms with Crippen LogP contribution in [0.2, 0.25) is 0 Å². The molecule has 3 N–H and O–H groups in total. The predicted molar refractivity (Wildman–Crippen MR) is 100 cm³/mol. The van der Waals surface area contributed by atoms with Crippen molar-refractivity contribution in [1.29, 1.82) is 0 Å².